The zero-order chi connectivity index (χ0) is 12.9. The van der Waals surface area contributed by atoms with E-state index in [0.29, 0.717) is 32.6 Å². The summed E-state index contributed by atoms with van der Waals surface area (Å²) in [6.45, 7) is 2.83. The molecule has 0 aliphatic carbocycles. The summed E-state index contributed by atoms with van der Waals surface area (Å²) in [5, 5.41) is 8.71. The number of hydrogen-bond donors (Lipinski definition) is 1. The second-order valence-corrected chi connectivity index (χ2v) is 6.20. The number of piperazine rings is 1. The van der Waals surface area contributed by atoms with E-state index in [4.69, 9.17) is 5.11 Å². The van der Waals surface area contributed by atoms with Crippen LogP contribution in [-0.4, -0.2) is 67.2 Å². The van der Waals surface area contributed by atoms with Crippen molar-refractivity contribution in [3.8, 4) is 0 Å². The largest absolute Gasteiger partial charge is 0.387 e. The fourth-order valence-corrected chi connectivity index (χ4v) is 3.40. The van der Waals surface area contributed by atoms with E-state index >= 15 is 0 Å². The topological polar surface area (TPSA) is 77.9 Å². The number of aliphatic hydroxyl groups is 1. The van der Waals surface area contributed by atoms with Gasteiger partial charge < -0.3 is 10.0 Å². The van der Waals surface area contributed by atoms with E-state index in [-0.39, 0.29) is 11.7 Å². The zero-order valence-electron chi connectivity index (χ0n) is 10.1. The van der Waals surface area contributed by atoms with Gasteiger partial charge in [0, 0.05) is 26.2 Å². The van der Waals surface area contributed by atoms with E-state index in [2.05, 4.69) is 0 Å². The number of sulfonamides is 1. The predicted molar refractivity (Wildman–Crippen MR) is 63.9 cm³/mol. The molecule has 0 spiro atoms. The molecule has 1 N–H and O–H groups in total. The highest BCUT2D eigenvalue weighted by Gasteiger charge is 2.27. The molecule has 1 saturated heterocycles. The molecule has 0 aromatic rings. The summed E-state index contributed by atoms with van der Waals surface area (Å²) in [6.07, 6.45) is 1.51. The Morgan fingerprint density at radius 2 is 1.82 bits per heavy atom. The summed E-state index contributed by atoms with van der Waals surface area (Å²) in [4.78, 5) is 12.7. The maximum absolute atomic E-state index is 11.9. The number of carbonyl (C=O) groups excluding carboxylic acids is 1. The molecule has 0 aromatic carbocycles. The first kappa shape index (κ1) is 14.4. The normalized spacial score (nSPS) is 18.4. The van der Waals surface area contributed by atoms with Gasteiger partial charge in [-0.05, 0) is 6.42 Å². The van der Waals surface area contributed by atoms with E-state index in [0.717, 1.165) is 6.42 Å². The van der Waals surface area contributed by atoms with Gasteiger partial charge in [0.05, 0.1) is 5.75 Å². The van der Waals surface area contributed by atoms with Crippen LogP contribution in [0.3, 0.4) is 0 Å². The number of rotatable bonds is 5. The van der Waals surface area contributed by atoms with Crippen molar-refractivity contribution in [2.24, 2.45) is 0 Å². The molecule has 0 saturated carbocycles. The first-order chi connectivity index (χ1) is 8.01. The van der Waals surface area contributed by atoms with Crippen LogP contribution in [0.5, 0.6) is 0 Å². The average molecular weight is 264 g/mol. The highest BCUT2D eigenvalue weighted by molar-refractivity contribution is 7.89. The summed E-state index contributed by atoms with van der Waals surface area (Å²) in [5.41, 5.74) is 0. The van der Waals surface area contributed by atoms with E-state index in [1.807, 2.05) is 6.92 Å². The lowest BCUT2D eigenvalue weighted by atomic mass is 10.3. The van der Waals surface area contributed by atoms with Gasteiger partial charge in [0.25, 0.3) is 0 Å². The third kappa shape index (κ3) is 3.93. The van der Waals surface area contributed by atoms with E-state index in [1.54, 1.807) is 0 Å². The van der Waals surface area contributed by atoms with Crippen molar-refractivity contribution in [2.75, 3.05) is 38.5 Å². The van der Waals surface area contributed by atoms with Crippen LogP contribution in [0.1, 0.15) is 19.8 Å². The van der Waals surface area contributed by atoms with Crippen LogP contribution < -0.4 is 0 Å². The summed E-state index contributed by atoms with van der Waals surface area (Å²) in [5.74, 6) is -0.159. The number of carbonyl (C=O) groups is 1. The third-order valence-electron chi connectivity index (χ3n) is 2.88. The summed E-state index contributed by atoms with van der Waals surface area (Å²) < 4.78 is 25.2. The maximum atomic E-state index is 11.9. The molecule has 0 bridgehead atoms. The Morgan fingerprint density at radius 1 is 1.24 bits per heavy atom. The van der Waals surface area contributed by atoms with Crippen molar-refractivity contribution in [3.63, 3.8) is 0 Å². The number of hydrogen-bond acceptors (Lipinski definition) is 4. The minimum atomic E-state index is -3.17. The highest BCUT2D eigenvalue weighted by Crippen LogP contribution is 2.09. The lowest BCUT2D eigenvalue weighted by molar-refractivity contribution is -0.135. The number of amides is 1. The smallest absolute Gasteiger partial charge is 0.248 e. The summed E-state index contributed by atoms with van der Waals surface area (Å²) >= 11 is 0. The molecule has 1 amide bonds. The Kier molecular flexibility index (Phi) is 5.35. The molecule has 7 heteroatoms. The van der Waals surface area contributed by atoms with E-state index in [1.165, 1.54) is 9.21 Å². The molecule has 1 aliphatic heterocycles. The van der Waals surface area contributed by atoms with Gasteiger partial charge in [-0.1, -0.05) is 13.3 Å². The van der Waals surface area contributed by atoms with Gasteiger partial charge in [-0.2, -0.15) is 4.31 Å². The van der Waals surface area contributed by atoms with Gasteiger partial charge in [-0.25, -0.2) is 8.42 Å². The highest BCUT2D eigenvalue weighted by atomic mass is 32.2. The quantitative estimate of drug-likeness (QED) is 0.709. The van der Waals surface area contributed by atoms with Crippen molar-refractivity contribution in [1.29, 1.82) is 0 Å². The van der Waals surface area contributed by atoms with Gasteiger partial charge >= 0.3 is 0 Å². The summed E-state index contributed by atoms with van der Waals surface area (Å²) in [6, 6.07) is 0. The number of aliphatic hydroxyl groups excluding tert-OH is 1. The average Bonchev–Trinajstić information content (AvgIpc) is 2.35. The number of nitrogens with zero attached hydrogens (tertiary/aromatic N) is 2. The second-order valence-electron chi connectivity index (χ2n) is 4.11. The fraction of sp³-hybridized carbons (Fsp3) is 0.900. The van der Waals surface area contributed by atoms with Crippen molar-refractivity contribution >= 4 is 15.9 Å². The van der Waals surface area contributed by atoms with Crippen LogP contribution in [-0.2, 0) is 14.8 Å². The predicted octanol–water partition coefficient (Wildman–Crippen LogP) is -0.747. The molecule has 0 aromatic heterocycles. The SMILES string of the molecule is CCCCS(=O)(=O)N1CCN(C(=O)CO)CC1. The van der Waals surface area contributed by atoms with Crippen LogP contribution in [0.2, 0.25) is 0 Å². The van der Waals surface area contributed by atoms with Crippen LogP contribution in [0.25, 0.3) is 0 Å². The van der Waals surface area contributed by atoms with Crippen LogP contribution in [0, 0.1) is 0 Å². The van der Waals surface area contributed by atoms with Crippen molar-refractivity contribution < 1.29 is 18.3 Å². The molecule has 100 valence electrons. The van der Waals surface area contributed by atoms with Crippen molar-refractivity contribution in [1.82, 2.24) is 9.21 Å². The van der Waals surface area contributed by atoms with Crippen LogP contribution in [0.15, 0.2) is 0 Å². The molecular weight excluding hydrogens is 244 g/mol. The number of unbranched alkanes of at least 4 members (excludes halogenated alkanes) is 1. The molecule has 1 heterocycles. The lowest BCUT2D eigenvalue weighted by Gasteiger charge is -2.33. The molecule has 0 unspecified atom stereocenters. The van der Waals surface area contributed by atoms with Crippen LogP contribution >= 0.6 is 0 Å². The van der Waals surface area contributed by atoms with Crippen molar-refractivity contribution in [2.45, 2.75) is 19.8 Å². The zero-order valence-corrected chi connectivity index (χ0v) is 10.9. The minimum absolute atomic E-state index is 0.178. The minimum Gasteiger partial charge on any atom is -0.387 e. The Balaban J connectivity index is 2.49. The van der Waals surface area contributed by atoms with Gasteiger partial charge in [-0.3, -0.25) is 4.79 Å². The third-order valence-corrected chi connectivity index (χ3v) is 4.83. The Labute approximate surface area is 102 Å². The maximum Gasteiger partial charge on any atom is 0.248 e. The van der Waals surface area contributed by atoms with Gasteiger partial charge in [0.2, 0.25) is 15.9 Å². The van der Waals surface area contributed by atoms with Gasteiger partial charge in [0.1, 0.15) is 6.61 Å². The van der Waals surface area contributed by atoms with E-state index in [9.17, 15) is 13.2 Å². The van der Waals surface area contributed by atoms with Crippen LogP contribution in [0.4, 0.5) is 0 Å². The van der Waals surface area contributed by atoms with Crippen molar-refractivity contribution in [3.05, 3.63) is 0 Å². The standard InChI is InChI=1S/C10H20N2O4S/c1-2-3-8-17(15,16)12-6-4-11(5-7-12)10(14)9-13/h13H,2-9H2,1H3. The molecule has 17 heavy (non-hydrogen) atoms. The van der Waals surface area contributed by atoms with E-state index < -0.39 is 16.6 Å². The second kappa shape index (κ2) is 6.32. The fourth-order valence-electron chi connectivity index (χ4n) is 1.77. The summed E-state index contributed by atoms with van der Waals surface area (Å²) in [7, 11) is -3.17. The first-order valence-electron chi connectivity index (χ1n) is 5.87. The molecule has 1 aliphatic rings. The van der Waals surface area contributed by atoms with Gasteiger partial charge in [0.15, 0.2) is 0 Å². The monoisotopic (exact) mass is 264 g/mol. The van der Waals surface area contributed by atoms with Gasteiger partial charge in [-0.15, -0.1) is 0 Å². The molecule has 1 fully saturated rings. The molecule has 0 radical (unpaired) electrons. The Hall–Kier alpha value is -0.660. The molecular formula is C10H20N2O4S. The molecule has 0 atom stereocenters. The Morgan fingerprint density at radius 3 is 2.29 bits per heavy atom. The lowest BCUT2D eigenvalue weighted by Crippen LogP contribution is -2.51. The Bertz CT molecular complexity index is 347. The molecule has 1 rings (SSSR count). The molecule has 6 nitrogen and oxygen atoms in total. The first-order valence-corrected chi connectivity index (χ1v) is 7.48.